The Morgan fingerprint density at radius 3 is 2.57 bits per heavy atom. The largest absolute Gasteiger partial charge is 0.391 e. The highest BCUT2D eigenvalue weighted by atomic mass is 35.5. The van der Waals surface area contributed by atoms with E-state index in [1.807, 2.05) is 0 Å². The summed E-state index contributed by atoms with van der Waals surface area (Å²) in [5.74, 6) is 0.306. The summed E-state index contributed by atoms with van der Waals surface area (Å²) < 4.78 is 0. The van der Waals surface area contributed by atoms with Crippen LogP contribution in [0.25, 0.3) is 0 Å². The number of aliphatic hydroxyl groups is 1. The van der Waals surface area contributed by atoms with E-state index in [-0.39, 0.29) is 0 Å². The lowest BCUT2D eigenvalue weighted by Crippen LogP contribution is -2.24. The molecule has 0 aliphatic rings. The highest BCUT2D eigenvalue weighted by molar-refractivity contribution is 6.18. The van der Waals surface area contributed by atoms with Crippen LogP contribution in [0.3, 0.4) is 0 Å². The second kappa shape index (κ2) is 4.37. The summed E-state index contributed by atoms with van der Waals surface area (Å²) in [6, 6.07) is 0. The van der Waals surface area contributed by atoms with Gasteiger partial charge in [-0.3, -0.25) is 0 Å². The van der Waals surface area contributed by atoms with Crippen molar-refractivity contribution in [1.29, 1.82) is 0 Å². The molecule has 44 valence electrons. The maximum atomic E-state index is 8.66. The van der Waals surface area contributed by atoms with Crippen LogP contribution >= 0.6 is 11.6 Å². The smallest absolute Gasteiger partial charge is 0.0799 e. The van der Waals surface area contributed by atoms with Crippen LogP contribution < -0.4 is 5.32 Å². The van der Waals surface area contributed by atoms with Gasteiger partial charge in [-0.05, 0) is 7.05 Å². The molecule has 2 N–H and O–H groups in total. The van der Waals surface area contributed by atoms with E-state index in [2.05, 4.69) is 5.32 Å². The third-order valence-electron chi connectivity index (χ3n) is 0.618. The lowest BCUT2D eigenvalue weighted by atomic mass is 10.4. The van der Waals surface area contributed by atoms with Gasteiger partial charge in [0.1, 0.15) is 0 Å². The van der Waals surface area contributed by atoms with E-state index in [0.717, 1.165) is 0 Å². The normalized spacial score (nSPS) is 14.1. The van der Waals surface area contributed by atoms with Crippen LogP contribution in [0.5, 0.6) is 0 Å². The molecule has 0 rings (SSSR count). The van der Waals surface area contributed by atoms with E-state index in [1.54, 1.807) is 7.05 Å². The molecular formula is C4H10ClNO. The van der Waals surface area contributed by atoms with E-state index in [9.17, 15) is 0 Å². The molecule has 0 aromatic carbocycles. The average molecular weight is 124 g/mol. The molecule has 2 nitrogen and oxygen atoms in total. The van der Waals surface area contributed by atoms with Gasteiger partial charge < -0.3 is 10.4 Å². The fourth-order valence-corrected chi connectivity index (χ4v) is 0.399. The van der Waals surface area contributed by atoms with Crippen LogP contribution in [0.1, 0.15) is 0 Å². The highest BCUT2D eigenvalue weighted by Crippen LogP contribution is 1.82. The summed E-state index contributed by atoms with van der Waals surface area (Å²) in [5, 5.41) is 11.4. The first-order valence-electron chi connectivity index (χ1n) is 2.20. The Labute approximate surface area is 48.5 Å². The van der Waals surface area contributed by atoms with E-state index < -0.39 is 6.10 Å². The Morgan fingerprint density at radius 1 is 1.86 bits per heavy atom. The fourth-order valence-electron chi connectivity index (χ4n) is 0.290. The molecule has 0 spiro atoms. The summed E-state index contributed by atoms with van der Waals surface area (Å²) in [6.07, 6.45) is -0.397. The molecule has 7 heavy (non-hydrogen) atoms. The molecule has 1 atom stereocenters. The van der Waals surface area contributed by atoms with Gasteiger partial charge in [0.2, 0.25) is 0 Å². The molecule has 0 aromatic rings. The van der Waals surface area contributed by atoms with Crippen molar-refractivity contribution in [2.75, 3.05) is 19.5 Å². The predicted molar refractivity (Wildman–Crippen MR) is 30.7 cm³/mol. The Bertz CT molecular complexity index is 42.7. The highest BCUT2D eigenvalue weighted by Gasteiger charge is 1.95. The Balaban J connectivity index is 2.83. The maximum Gasteiger partial charge on any atom is 0.0799 e. The Morgan fingerprint density at radius 2 is 2.43 bits per heavy atom. The number of alkyl halides is 1. The van der Waals surface area contributed by atoms with E-state index in [0.29, 0.717) is 12.4 Å². The minimum absolute atomic E-state index is 0.306. The zero-order valence-corrected chi connectivity index (χ0v) is 5.07. The van der Waals surface area contributed by atoms with Gasteiger partial charge >= 0.3 is 0 Å². The van der Waals surface area contributed by atoms with Crippen LogP contribution in [-0.4, -0.2) is 30.7 Å². The zero-order valence-electron chi connectivity index (χ0n) is 4.32. The van der Waals surface area contributed by atoms with Gasteiger partial charge in [0.25, 0.3) is 0 Å². The van der Waals surface area contributed by atoms with Gasteiger partial charge in [-0.2, -0.15) is 0 Å². The topological polar surface area (TPSA) is 32.3 Å². The van der Waals surface area contributed by atoms with Crippen molar-refractivity contribution in [2.24, 2.45) is 0 Å². The van der Waals surface area contributed by atoms with E-state index >= 15 is 0 Å². The van der Waals surface area contributed by atoms with Gasteiger partial charge in [0.15, 0.2) is 0 Å². The molecule has 0 unspecified atom stereocenters. The molecule has 0 aliphatic heterocycles. The lowest BCUT2D eigenvalue weighted by molar-refractivity contribution is 0.197. The summed E-state index contributed by atoms with van der Waals surface area (Å²) >= 11 is 5.24. The van der Waals surface area contributed by atoms with Crippen molar-refractivity contribution in [3.05, 3.63) is 0 Å². The molecule has 0 aliphatic carbocycles. The van der Waals surface area contributed by atoms with Crippen molar-refractivity contribution in [3.63, 3.8) is 0 Å². The van der Waals surface area contributed by atoms with Gasteiger partial charge in [-0.25, -0.2) is 0 Å². The summed E-state index contributed by atoms with van der Waals surface area (Å²) in [5.41, 5.74) is 0. The predicted octanol–water partition coefficient (Wildman–Crippen LogP) is -0.195. The minimum atomic E-state index is -0.397. The zero-order chi connectivity index (χ0) is 5.70. The van der Waals surface area contributed by atoms with E-state index in [1.165, 1.54) is 0 Å². The Hall–Kier alpha value is 0.210. The summed E-state index contributed by atoms with van der Waals surface area (Å²) in [7, 11) is 1.77. The minimum Gasteiger partial charge on any atom is -0.391 e. The molecule has 0 aromatic heterocycles. The number of nitrogens with one attached hydrogen (secondary N) is 1. The Kier molecular flexibility index (Phi) is 4.50. The summed E-state index contributed by atoms with van der Waals surface area (Å²) in [4.78, 5) is 0. The second-order valence-electron chi connectivity index (χ2n) is 1.37. The average Bonchev–Trinajstić information content (AvgIpc) is 1.68. The third kappa shape index (κ3) is 4.05. The molecule has 0 bridgehead atoms. The van der Waals surface area contributed by atoms with Crippen molar-refractivity contribution in [2.45, 2.75) is 6.10 Å². The van der Waals surface area contributed by atoms with E-state index in [4.69, 9.17) is 16.7 Å². The number of likely N-dealkylation sites (N-methyl/N-ethyl adjacent to an activating group) is 1. The monoisotopic (exact) mass is 123 g/mol. The lowest BCUT2D eigenvalue weighted by Gasteiger charge is -2.02. The van der Waals surface area contributed by atoms with Gasteiger partial charge in [0.05, 0.1) is 6.10 Å². The maximum absolute atomic E-state index is 8.66. The number of hydrogen-bond acceptors (Lipinski definition) is 2. The molecule has 3 heteroatoms. The SMILES string of the molecule is CNC[C@H](O)CCl. The second-order valence-corrected chi connectivity index (χ2v) is 1.67. The van der Waals surface area contributed by atoms with Crippen LogP contribution in [-0.2, 0) is 0 Å². The number of halogens is 1. The first-order valence-corrected chi connectivity index (χ1v) is 2.73. The standard InChI is InChI=1S/C4H10ClNO/c1-6-3-4(7)2-5/h4,6-7H,2-3H2,1H3/t4-/m1/s1. The van der Waals surface area contributed by atoms with Crippen molar-refractivity contribution in [1.82, 2.24) is 5.32 Å². The van der Waals surface area contributed by atoms with Gasteiger partial charge in [0, 0.05) is 12.4 Å². The first-order chi connectivity index (χ1) is 3.31. The van der Waals surface area contributed by atoms with Crippen molar-refractivity contribution < 1.29 is 5.11 Å². The molecule has 0 amide bonds. The van der Waals surface area contributed by atoms with Crippen LogP contribution in [0, 0.1) is 0 Å². The first kappa shape index (κ1) is 7.21. The molecule has 0 saturated carbocycles. The molecule has 0 saturated heterocycles. The van der Waals surface area contributed by atoms with Gasteiger partial charge in [-0.1, -0.05) is 0 Å². The number of rotatable bonds is 3. The molecule has 0 radical (unpaired) electrons. The van der Waals surface area contributed by atoms with Crippen molar-refractivity contribution >= 4 is 11.6 Å². The fraction of sp³-hybridized carbons (Fsp3) is 1.00. The van der Waals surface area contributed by atoms with Crippen LogP contribution in [0.2, 0.25) is 0 Å². The van der Waals surface area contributed by atoms with Crippen molar-refractivity contribution in [3.8, 4) is 0 Å². The van der Waals surface area contributed by atoms with Crippen LogP contribution in [0.4, 0.5) is 0 Å². The quantitative estimate of drug-likeness (QED) is 0.510. The third-order valence-corrected chi connectivity index (χ3v) is 0.974. The number of hydrogen-bond donors (Lipinski definition) is 2. The molecular weight excluding hydrogens is 114 g/mol. The van der Waals surface area contributed by atoms with Gasteiger partial charge in [-0.15, -0.1) is 11.6 Å². The molecule has 0 fully saturated rings. The summed E-state index contributed by atoms with van der Waals surface area (Å²) in [6.45, 7) is 0.573. The molecule has 0 heterocycles. The number of aliphatic hydroxyl groups excluding tert-OH is 1. The van der Waals surface area contributed by atoms with Crippen LogP contribution in [0.15, 0.2) is 0 Å².